The van der Waals surface area contributed by atoms with Crippen LogP contribution in [-0.4, -0.2) is 17.7 Å². The number of hydrogen-bond donors (Lipinski definition) is 1. The average Bonchev–Trinajstić information content (AvgIpc) is 2.49. The molecular formula is C18H20Cl2N2O. The molecule has 0 spiro atoms. The summed E-state index contributed by atoms with van der Waals surface area (Å²) in [5, 5.41) is 4.20. The summed E-state index contributed by atoms with van der Waals surface area (Å²) in [6, 6.07) is 9.79. The summed E-state index contributed by atoms with van der Waals surface area (Å²) in [7, 11) is 0. The van der Waals surface area contributed by atoms with Gasteiger partial charge >= 0.3 is 0 Å². The number of halogens is 2. The van der Waals surface area contributed by atoms with Crippen molar-refractivity contribution in [1.29, 1.82) is 0 Å². The molecule has 4 rings (SSSR count). The molecular weight excluding hydrogens is 331 g/mol. The van der Waals surface area contributed by atoms with E-state index in [0.717, 1.165) is 42.0 Å². The first-order valence-electron chi connectivity index (χ1n) is 7.84. The van der Waals surface area contributed by atoms with E-state index in [1.807, 2.05) is 29.7 Å². The molecule has 0 amide bonds. The third-order valence-electron chi connectivity index (χ3n) is 4.97. The second-order valence-corrected chi connectivity index (χ2v) is 6.91. The van der Waals surface area contributed by atoms with Crippen LogP contribution in [0.2, 0.25) is 5.02 Å². The zero-order valence-electron chi connectivity index (χ0n) is 13.0. The lowest BCUT2D eigenvalue weighted by Gasteiger charge is -2.37. The Bertz CT molecular complexity index is 780. The number of nitrogens with zero attached hydrogens (tertiary/aromatic N) is 1. The molecule has 1 aromatic carbocycles. The molecule has 2 aliphatic heterocycles. The minimum atomic E-state index is 0. The van der Waals surface area contributed by atoms with Gasteiger partial charge in [-0.15, -0.1) is 12.4 Å². The van der Waals surface area contributed by atoms with E-state index < -0.39 is 0 Å². The van der Waals surface area contributed by atoms with Crippen LogP contribution < -0.4 is 10.9 Å². The molecule has 2 aromatic rings. The van der Waals surface area contributed by atoms with Gasteiger partial charge in [-0.2, -0.15) is 0 Å². The molecule has 2 aliphatic rings. The van der Waals surface area contributed by atoms with Crippen molar-refractivity contribution in [2.24, 2.45) is 5.92 Å². The molecule has 0 radical (unpaired) electrons. The first-order chi connectivity index (χ1) is 10.6. The van der Waals surface area contributed by atoms with Crippen molar-refractivity contribution in [3.63, 3.8) is 0 Å². The molecule has 3 heterocycles. The van der Waals surface area contributed by atoms with Crippen LogP contribution in [-0.2, 0) is 6.54 Å². The van der Waals surface area contributed by atoms with Gasteiger partial charge in [-0.25, -0.2) is 0 Å². The normalized spacial score (nSPS) is 22.2. The maximum absolute atomic E-state index is 12.6. The van der Waals surface area contributed by atoms with Crippen molar-refractivity contribution in [2.45, 2.75) is 25.8 Å². The summed E-state index contributed by atoms with van der Waals surface area (Å²) in [6.07, 6.45) is 1.18. The number of aromatic nitrogens is 1. The van der Waals surface area contributed by atoms with E-state index in [-0.39, 0.29) is 18.0 Å². The quantitative estimate of drug-likeness (QED) is 0.852. The summed E-state index contributed by atoms with van der Waals surface area (Å²) in [5.74, 6) is 1.01. The number of piperidine rings is 1. The molecule has 2 atom stereocenters. The number of hydrogen-bond acceptors (Lipinski definition) is 2. The average molecular weight is 351 g/mol. The van der Waals surface area contributed by atoms with E-state index in [1.54, 1.807) is 6.07 Å². The smallest absolute Gasteiger partial charge is 0.251 e. The van der Waals surface area contributed by atoms with Crippen molar-refractivity contribution >= 4 is 24.0 Å². The summed E-state index contributed by atoms with van der Waals surface area (Å²) >= 11 is 6.38. The van der Waals surface area contributed by atoms with Crippen molar-refractivity contribution in [2.75, 3.05) is 13.1 Å². The molecule has 122 valence electrons. The maximum atomic E-state index is 12.6. The molecule has 5 heteroatoms. The Balaban J connectivity index is 0.00000156. The first kappa shape index (κ1) is 16.6. The fourth-order valence-corrected chi connectivity index (χ4v) is 4.28. The number of benzene rings is 1. The van der Waals surface area contributed by atoms with Crippen LogP contribution >= 0.6 is 24.0 Å². The van der Waals surface area contributed by atoms with Crippen molar-refractivity contribution in [3.05, 3.63) is 57.0 Å². The van der Waals surface area contributed by atoms with Crippen LogP contribution in [0.5, 0.6) is 0 Å². The summed E-state index contributed by atoms with van der Waals surface area (Å²) in [6.45, 7) is 4.85. The van der Waals surface area contributed by atoms with Gasteiger partial charge in [0.1, 0.15) is 0 Å². The van der Waals surface area contributed by atoms with Crippen LogP contribution in [0.1, 0.15) is 23.6 Å². The summed E-state index contributed by atoms with van der Waals surface area (Å²) < 4.78 is 1.97. The minimum absolute atomic E-state index is 0. The predicted molar refractivity (Wildman–Crippen MR) is 96.9 cm³/mol. The Hall–Kier alpha value is -1.29. The molecule has 1 fully saturated rings. The highest BCUT2D eigenvalue weighted by atomic mass is 35.5. The lowest BCUT2D eigenvalue weighted by atomic mass is 9.83. The van der Waals surface area contributed by atoms with E-state index in [4.69, 9.17) is 11.6 Å². The van der Waals surface area contributed by atoms with Gasteiger partial charge < -0.3 is 9.88 Å². The minimum Gasteiger partial charge on any atom is -0.316 e. The number of aryl methyl sites for hydroxylation is 1. The monoisotopic (exact) mass is 350 g/mol. The zero-order chi connectivity index (χ0) is 15.3. The number of rotatable bonds is 1. The largest absolute Gasteiger partial charge is 0.316 e. The van der Waals surface area contributed by atoms with Crippen molar-refractivity contribution in [3.8, 4) is 11.1 Å². The molecule has 3 nitrogen and oxygen atoms in total. The first-order valence-corrected chi connectivity index (χ1v) is 8.22. The third kappa shape index (κ3) is 2.82. The van der Waals surface area contributed by atoms with E-state index in [9.17, 15) is 4.79 Å². The Kier molecular flexibility index (Phi) is 4.54. The van der Waals surface area contributed by atoms with Crippen LogP contribution in [0.15, 0.2) is 35.1 Å². The zero-order valence-corrected chi connectivity index (χ0v) is 14.6. The van der Waals surface area contributed by atoms with Crippen LogP contribution in [0.4, 0.5) is 0 Å². The van der Waals surface area contributed by atoms with Crippen LogP contribution in [0.25, 0.3) is 11.1 Å². The standard InChI is InChI=1S/C18H19ClN2O.ClH/c1-11-3-2-4-15(19)18(11)13-6-16-14-5-12(8-20-9-14)10-21(16)17(22)7-13;/h2-4,6-7,12,14,20H,5,8-10H2,1H3;1H/t12-,14+;/m0./s1. The van der Waals surface area contributed by atoms with E-state index in [0.29, 0.717) is 16.9 Å². The van der Waals surface area contributed by atoms with E-state index >= 15 is 0 Å². The Morgan fingerprint density at radius 2 is 2.09 bits per heavy atom. The molecule has 1 aromatic heterocycles. The number of nitrogens with one attached hydrogen (secondary N) is 1. The van der Waals surface area contributed by atoms with Crippen LogP contribution in [0, 0.1) is 12.8 Å². The van der Waals surface area contributed by atoms with Gasteiger partial charge in [-0.05, 0) is 49.1 Å². The van der Waals surface area contributed by atoms with Gasteiger partial charge in [0.05, 0.1) is 0 Å². The molecule has 23 heavy (non-hydrogen) atoms. The SMILES string of the molecule is Cc1cccc(Cl)c1-c1cc2n(c(=O)c1)C[C@@H]1CNC[C@H]2C1.Cl. The lowest BCUT2D eigenvalue weighted by molar-refractivity contribution is 0.257. The molecule has 0 saturated carbocycles. The molecule has 1 saturated heterocycles. The van der Waals surface area contributed by atoms with Crippen LogP contribution in [0.3, 0.4) is 0 Å². The van der Waals surface area contributed by atoms with Gasteiger partial charge in [0.15, 0.2) is 0 Å². The second kappa shape index (κ2) is 6.31. The Morgan fingerprint density at radius 1 is 1.26 bits per heavy atom. The van der Waals surface area contributed by atoms with E-state index in [2.05, 4.69) is 11.4 Å². The molecule has 0 aliphatic carbocycles. The molecule has 1 N–H and O–H groups in total. The topological polar surface area (TPSA) is 34.0 Å². The van der Waals surface area contributed by atoms with Gasteiger partial charge in [0.25, 0.3) is 5.56 Å². The van der Waals surface area contributed by atoms with Gasteiger partial charge in [-0.1, -0.05) is 23.7 Å². The highest BCUT2D eigenvalue weighted by Crippen LogP contribution is 2.36. The van der Waals surface area contributed by atoms with Gasteiger partial charge in [0.2, 0.25) is 0 Å². The van der Waals surface area contributed by atoms with E-state index in [1.165, 1.54) is 6.42 Å². The summed E-state index contributed by atoms with van der Waals surface area (Å²) in [5.41, 5.74) is 4.29. The van der Waals surface area contributed by atoms with Gasteiger partial charge in [0, 0.05) is 41.4 Å². The Morgan fingerprint density at radius 3 is 2.87 bits per heavy atom. The number of fused-ring (bicyclic) bond motifs is 4. The van der Waals surface area contributed by atoms with Gasteiger partial charge in [-0.3, -0.25) is 4.79 Å². The second-order valence-electron chi connectivity index (χ2n) is 6.51. The fourth-order valence-electron chi connectivity index (χ4n) is 3.95. The van der Waals surface area contributed by atoms with Crippen molar-refractivity contribution < 1.29 is 0 Å². The fraction of sp³-hybridized carbons (Fsp3) is 0.389. The number of pyridine rings is 1. The third-order valence-corrected chi connectivity index (χ3v) is 5.29. The highest BCUT2D eigenvalue weighted by Gasteiger charge is 2.31. The van der Waals surface area contributed by atoms with Crippen molar-refractivity contribution in [1.82, 2.24) is 9.88 Å². The maximum Gasteiger partial charge on any atom is 0.251 e. The Labute approximate surface area is 147 Å². The molecule has 2 bridgehead atoms. The summed E-state index contributed by atoms with van der Waals surface area (Å²) in [4.78, 5) is 12.6. The molecule has 0 unspecified atom stereocenters. The predicted octanol–water partition coefficient (Wildman–Crippen LogP) is 3.61. The highest BCUT2D eigenvalue weighted by molar-refractivity contribution is 6.33. The lowest BCUT2D eigenvalue weighted by Crippen LogP contribution is -2.44.